The summed E-state index contributed by atoms with van der Waals surface area (Å²) in [7, 11) is 1.59. The number of hydrogen-bond acceptors (Lipinski definition) is 6. The van der Waals surface area contributed by atoms with E-state index in [2.05, 4.69) is 13.8 Å². The number of likely N-dealkylation sites (tertiary alicyclic amines) is 1. The van der Waals surface area contributed by atoms with Gasteiger partial charge >= 0.3 is 0 Å². The summed E-state index contributed by atoms with van der Waals surface area (Å²) in [6, 6.07) is 23.2. The van der Waals surface area contributed by atoms with Crippen LogP contribution in [0.25, 0.3) is 5.76 Å². The predicted molar refractivity (Wildman–Crippen MR) is 149 cm³/mol. The second-order valence-electron chi connectivity index (χ2n) is 9.91. The maximum Gasteiger partial charge on any atom is 0.295 e. The van der Waals surface area contributed by atoms with Gasteiger partial charge in [-0.15, -0.1) is 0 Å². The molecule has 1 heterocycles. The highest BCUT2D eigenvalue weighted by atomic mass is 16.5. The summed E-state index contributed by atoms with van der Waals surface area (Å²) in [5.74, 6) is 0.0552. The second kappa shape index (κ2) is 13.1. The molecule has 0 spiro atoms. The van der Waals surface area contributed by atoms with Crippen LogP contribution < -0.4 is 9.47 Å². The van der Waals surface area contributed by atoms with Crippen molar-refractivity contribution in [2.45, 2.75) is 32.9 Å². The average Bonchev–Trinajstić information content (AvgIpc) is 3.21. The van der Waals surface area contributed by atoms with Crippen LogP contribution in [0, 0.1) is 5.92 Å². The molecular weight excluding hydrogens is 494 g/mol. The van der Waals surface area contributed by atoms with Gasteiger partial charge in [0.2, 0.25) is 0 Å². The van der Waals surface area contributed by atoms with E-state index >= 15 is 0 Å². The predicted octanol–water partition coefficient (Wildman–Crippen LogP) is 5.76. The minimum absolute atomic E-state index is 0.0495. The first-order valence-electron chi connectivity index (χ1n) is 13.2. The molecule has 1 amide bonds. The summed E-state index contributed by atoms with van der Waals surface area (Å²) in [5, 5.41) is 11.3. The highest BCUT2D eigenvalue weighted by Gasteiger charge is 2.45. The molecule has 1 fully saturated rings. The van der Waals surface area contributed by atoms with Crippen LogP contribution in [-0.4, -0.2) is 48.6 Å². The lowest BCUT2D eigenvalue weighted by atomic mass is 9.95. The number of hydrogen-bond donors (Lipinski definition) is 1. The molecule has 1 atom stereocenters. The lowest BCUT2D eigenvalue weighted by molar-refractivity contribution is -0.140. The Hall–Kier alpha value is -4.10. The summed E-state index contributed by atoms with van der Waals surface area (Å²) in [6.07, 6.45) is 0.548. The number of carbonyl (C=O) groups is 2. The van der Waals surface area contributed by atoms with Gasteiger partial charge in [0.25, 0.3) is 11.7 Å². The summed E-state index contributed by atoms with van der Waals surface area (Å²) < 4.78 is 16.9. The number of Topliss-reactive ketones (excluding diaryl/α,β-unsaturated/α-hetero) is 1. The van der Waals surface area contributed by atoms with Gasteiger partial charge in [0.05, 0.1) is 18.2 Å². The number of carbonyl (C=O) groups excluding carboxylic acids is 2. The first kappa shape index (κ1) is 27.9. The number of amides is 1. The largest absolute Gasteiger partial charge is 0.507 e. The van der Waals surface area contributed by atoms with Crippen molar-refractivity contribution in [2.24, 2.45) is 5.92 Å². The maximum absolute atomic E-state index is 13.3. The van der Waals surface area contributed by atoms with Gasteiger partial charge in [0, 0.05) is 25.8 Å². The molecule has 3 aromatic carbocycles. The van der Waals surface area contributed by atoms with E-state index in [1.165, 1.54) is 4.90 Å². The fraction of sp³-hybridized carbons (Fsp3) is 0.312. The van der Waals surface area contributed by atoms with E-state index in [1.807, 2.05) is 54.6 Å². The molecule has 1 aliphatic heterocycles. The monoisotopic (exact) mass is 529 g/mol. The zero-order valence-electron chi connectivity index (χ0n) is 22.6. The molecule has 7 nitrogen and oxygen atoms in total. The summed E-state index contributed by atoms with van der Waals surface area (Å²) in [6.45, 7) is 5.82. The van der Waals surface area contributed by atoms with E-state index in [4.69, 9.17) is 14.2 Å². The summed E-state index contributed by atoms with van der Waals surface area (Å²) in [5.41, 5.74) is 2.18. The minimum atomic E-state index is -0.765. The highest BCUT2D eigenvalue weighted by Crippen LogP contribution is 2.40. The van der Waals surface area contributed by atoms with Crippen molar-refractivity contribution in [1.82, 2.24) is 4.90 Å². The lowest BCUT2D eigenvalue weighted by Gasteiger charge is -2.25. The molecule has 4 rings (SSSR count). The Labute approximate surface area is 229 Å². The number of ketones is 1. The number of methoxy groups -OCH3 is 1. The molecule has 1 N–H and O–H groups in total. The molecule has 3 aromatic rings. The molecule has 1 saturated heterocycles. The van der Waals surface area contributed by atoms with Crippen LogP contribution in [0.2, 0.25) is 0 Å². The van der Waals surface area contributed by atoms with Crippen LogP contribution >= 0.6 is 0 Å². The topological polar surface area (TPSA) is 85.3 Å². The quantitative estimate of drug-likeness (QED) is 0.139. The van der Waals surface area contributed by atoms with Crippen molar-refractivity contribution < 1.29 is 28.9 Å². The van der Waals surface area contributed by atoms with Gasteiger partial charge in [-0.1, -0.05) is 56.3 Å². The van der Waals surface area contributed by atoms with E-state index in [1.54, 1.807) is 31.4 Å². The molecule has 0 bridgehead atoms. The molecular formula is C32H35NO6. The molecule has 39 heavy (non-hydrogen) atoms. The third-order valence-corrected chi connectivity index (χ3v) is 6.42. The van der Waals surface area contributed by atoms with Crippen LogP contribution in [0.3, 0.4) is 0 Å². The van der Waals surface area contributed by atoms with Crippen molar-refractivity contribution in [2.75, 3.05) is 26.9 Å². The van der Waals surface area contributed by atoms with Crippen LogP contribution in [0.5, 0.6) is 11.5 Å². The molecule has 0 aromatic heterocycles. The minimum Gasteiger partial charge on any atom is -0.507 e. The lowest BCUT2D eigenvalue weighted by Crippen LogP contribution is -2.31. The van der Waals surface area contributed by atoms with Crippen LogP contribution in [0.15, 0.2) is 84.4 Å². The van der Waals surface area contributed by atoms with Crippen LogP contribution in [0.1, 0.15) is 43.0 Å². The van der Waals surface area contributed by atoms with Crippen molar-refractivity contribution in [3.8, 4) is 11.5 Å². The van der Waals surface area contributed by atoms with Crippen LogP contribution in [0.4, 0.5) is 0 Å². The zero-order valence-corrected chi connectivity index (χ0v) is 22.6. The number of aliphatic hydroxyl groups is 1. The van der Waals surface area contributed by atoms with Gasteiger partial charge in [-0.3, -0.25) is 9.59 Å². The summed E-state index contributed by atoms with van der Waals surface area (Å²) >= 11 is 0. The van der Waals surface area contributed by atoms with Crippen molar-refractivity contribution in [3.05, 3.63) is 101 Å². The number of aliphatic hydroxyl groups excluding tert-OH is 1. The molecule has 204 valence electrons. The molecule has 0 aliphatic carbocycles. The molecule has 1 unspecified atom stereocenters. The fourth-order valence-electron chi connectivity index (χ4n) is 4.48. The Kier molecular flexibility index (Phi) is 9.39. The Morgan fingerprint density at radius 3 is 2.36 bits per heavy atom. The average molecular weight is 530 g/mol. The van der Waals surface area contributed by atoms with Gasteiger partial charge < -0.3 is 24.2 Å². The molecule has 7 heteroatoms. The highest BCUT2D eigenvalue weighted by molar-refractivity contribution is 6.46. The molecule has 1 aliphatic rings. The Morgan fingerprint density at radius 1 is 0.923 bits per heavy atom. The second-order valence-corrected chi connectivity index (χ2v) is 9.91. The SMILES string of the molecule is COCCCN1C(=O)C(=O)/C(=C(\O)c2ccc(OCC(C)C)cc2)C1c1cccc(OCc2ccccc2)c1. The number of ether oxygens (including phenoxy) is 3. The van der Waals surface area contributed by atoms with Crippen molar-refractivity contribution in [3.63, 3.8) is 0 Å². The van der Waals surface area contributed by atoms with Crippen LogP contribution in [-0.2, 0) is 20.9 Å². The Balaban J connectivity index is 1.68. The third-order valence-electron chi connectivity index (χ3n) is 6.42. The summed E-state index contributed by atoms with van der Waals surface area (Å²) in [4.78, 5) is 28.0. The number of nitrogens with zero attached hydrogens (tertiary/aromatic N) is 1. The first-order valence-corrected chi connectivity index (χ1v) is 13.2. The van der Waals surface area contributed by atoms with E-state index in [-0.39, 0.29) is 11.3 Å². The van der Waals surface area contributed by atoms with Crippen molar-refractivity contribution >= 4 is 17.4 Å². The van der Waals surface area contributed by atoms with Crippen molar-refractivity contribution in [1.29, 1.82) is 0 Å². The molecule has 0 saturated carbocycles. The van der Waals surface area contributed by atoms with E-state index in [0.29, 0.717) is 61.3 Å². The normalized spacial score (nSPS) is 16.6. The standard InChI is InChI=1S/C32H35NO6/c1-22(2)20-38-26-15-13-24(14-16-26)30(34)28-29(33(17-8-18-37-3)32(36)31(28)35)25-11-7-12-27(19-25)39-21-23-9-5-4-6-10-23/h4-7,9-16,19,22,29,34H,8,17-18,20-21H2,1-3H3/b30-28-. The van der Waals surface area contributed by atoms with Gasteiger partial charge in [-0.2, -0.15) is 0 Å². The zero-order chi connectivity index (χ0) is 27.8. The van der Waals surface area contributed by atoms with E-state index in [9.17, 15) is 14.7 Å². The fourth-order valence-corrected chi connectivity index (χ4v) is 4.48. The number of rotatable bonds is 12. The Bertz CT molecular complexity index is 1300. The number of benzene rings is 3. The van der Waals surface area contributed by atoms with E-state index < -0.39 is 17.7 Å². The van der Waals surface area contributed by atoms with Gasteiger partial charge in [0.1, 0.15) is 23.9 Å². The van der Waals surface area contributed by atoms with Gasteiger partial charge in [-0.05, 0) is 59.9 Å². The third kappa shape index (κ3) is 6.86. The smallest absolute Gasteiger partial charge is 0.295 e. The maximum atomic E-state index is 13.3. The molecule has 0 radical (unpaired) electrons. The van der Waals surface area contributed by atoms with Gasteiger partial charge in [-0.25, -0.2) is 0 Å². The Morgan fingerprint density at radius 2 is 1.67 bits per heavy atom. The van der Waals surface area contributed by atoms with E-state index in [0.717, 1.165) is 5.56 Å². The van der Waals surface area contributed by atoms with Gasteiger partial charge in [0.15, 0.2) is 0 Å². The first-order chi connectivity index (χ1) is 18.9.